The third-order valence-electron chi connectivity index (χ3n) is 4.20. The minimum atomic E-state index is -3.19. The van der Waals surface area contributed by atoms with Crippen LogP contribution in [-0.2, 0) is 10.0 Å². The van der Waals surface area contributed by atoms with E-state index in [1.807, 2.05) is 0 Å². The Kier molecular flexibility index (Phi) is 7.30. The molecule has 2 fully saturated rings. The highest BCUT2D eigenvalue weighted by Crippen LogP contribution is 2.17. The lowest BCUT2D eigenvalue weighted by Gasteiger charge is -2.25. The number of nitrogens with two attached hydrogens (primary N) is 1. The number of rotatable bonds is 5. The van der Waals surface area contributed by atoms with E-state index in [0.29, 0.717) is 25.1 Å². The van der Waals surface area contributed by atoms with Crippen LogP contribution in [0.4, 0.5) is 0 Å². The molecule has 0 amide bonds. The van der Waals surface area contributed by atoms with Gasteiger partial charge in [0.25, 0.3) is 0 Å². The van der Waals surface area contributed by atoms with Gasteiger partial charge in [-0.05, 0) is 12.8 Å². The van der Waals surface area contributed by atoms with Crippen molar-refractivity contribution in [3.05, 3.63) is 0 Å². The molecule has 1 saturated heterocycles. The largest absolute Gasteiger partial charge is 0.370 e. The Morgan fingerprint density at radius 3 is 2.45 bits per heavy atom. The molecule has 1 saturated carbocycles. The van der Waals surface area contributed by atoms with Gasteiger partial charge in [0.1, 0.15) is 0 Å². The Morgan fingerprint density at radius 2 is 1.82 bits per heavy atom. The van der Waals surface area contributed by atoms with E-state index in [1.165, 1.54) is 25.7 Å². The van der Waals surface area contributed by atoms with E-state index in [0.717, 1.165) is 24.3 Å². The lowest BCUT2D eigenvalue weighted by atomic mass is 10.1. The minimum Gasteiger partial charge on any atom is -0.370 e. The van der Waals surface area contributed by atoms with Crippen LogP contribution in [0.5, 0.6) is 0 Å². The van der Waals surface area contributed by atoms with Gasteiger partial charge in [-0.1, -0.05) is 25.7 Å². The molecule has 128 valence electrons. The van der Waals surface area contributed by atoms with E-state index in [1.54, 1.807) is 16.1 Å². The predicted octanol–water partition coefficient (Wildman–Crippen LogP) is 0.992. The SMILES string of the molecule is NC(=NCCS(=O)(=O)N1CCSCC1)NC1CCCCCC1. The molecule has 0 bridgehead atoms. The Morgan fingerprint density at radius 1 is 1.18 bits per heavy atom. The van der Waals surface area contributed by atoms with Crippen LogP contribution in [-0.4, -0.2) is 61.6 Å². The number of nitrogens with one attached hydrogen (secondary N) is 1. The molecular weight excluding hydrogens is 320 g/mol. The van der Waals surface area contributed by atoms with Crippen LogP contribution in [0, 0.1) is 0 Å². The van der Waals surface area contributed by atoms with Crippen molar-refractivity contribution < 1.29 is 8.42 Å². The van der Waals surface area contributed by atoms with Gasteiger partial charge in [-0.3, -0.25) is 4.99 Å². The van der Waals surface area contributed by atoms with Crippen molar-refractivity contribution >= 4 is 27.7 Å². The molecule has 0 aromatic carbocycles. The third-order valence-corrected chi connectivity index (χ3v) is 6.99. The average molecular weight is 349 g/mol. The second-order valence-electron chi connectivity index (χ2n) is 5.93. The fourth-order valence-corrected chi connectivity index (χ4v) is 5.37. The van der Waals surface area contributed by atoms with Crippen LogP contribution < -0.4 is 11.1 Å². The van der Waals surface area contributed by atoms with Gasteiger partial charge < -0.3 is 11.1 Å². The molecule has 2 aliphatic rings. The van der Waals surface area contributed by atoms with E-state index in [-0.39, 0.29) is 12.3 Å². The Labute approximate surface area is 138 Å². The summed E-state index contributed by atoms with van der Waals surface area (Å²) in [5.74, 6) is 2.20. The standard InChI is InChI=1S/C14H28N4O2S2/c15-14(17-13-5-3-1-2-4-6-13)16-7-12-22(19,20)18-8-10-21-11-9-18/h13H,1-12H2,(H3,15,16,17). The van der Waals surface area contributed by atoms with Crippen LogP contribution in [0.25, 0.3) is 0 Å². The highest BCUT2D eigenvalue weighted by molar-refractivity contribution is 7.99. The second-order valence-corrected chi connectivity index (χ2v) is 9.24. The van der Waals surface area contributed by atoms with E-state index >= 15 is 0 Å². The third kappa shape index (κ3) is 5.96. The summed E-state index contributed by atoms with van der Waals surface area (Å²) in [5.41, 5.74) is 5.89. The molecule has 0 aromatic rings. The van der Waals surface area contributed by atoms with Gasteiger partial charge in [0.15, 0.2) is 5.96 Å². The summed E-state index contributed by atoms with van der Waals surface area (Å²) in [6.45, 7) is 1.47. The van der Waals surface area contributed by atoms with Crippen molar-refractivity contribution in [2.75, 3.05) is 36.9 Å². The number of nitrogens with zero attached hydrogens (tertiary/aromatic N) is 2. The molecule has 0 aromatic heterocycles. The maximum atomic E-state index is 12.2. The van der Waals surface area contributed by atoms with Crippen molar-refractivity contribution in [3.8, 4) is 0 Å². The highest BCUT2D eigenvalue weighted by atomic mass is 32.2. The normalized spacial score (nSPS) is 23.2. The summed E-state index contributed by atoms with van der Waals surface area (Å²) < 4.78 is 26.0. The summed E-state index contributed by atoms with van der Waals surface area (Å²) in [6.07, 6.45) is 7.29. The van der Waals surface area contributed by atoms with Crippen LogP contribution in [0.2, 0.25) is 0 Å². The molecule has 0 atom stereocenters. The summed E-state index contributed by atoms with van der Waals surface area (Å²) in [4.78, 5) is 4.20. The molecule has 6 nitrogen and oxygen atoms in total. The van der Waals surface area contributed by atoms with Crippen molar-refractivity contribution in [2.45, 2.75) is 44.6 Å². The van der Waals surface area contributed by atoms with Gasteiger partial charge >= 0.3 is 0 Å². The maximum absolute atomic E-state index is 12.2. The first kappa shape index (κ1) is 17.9. The lowest BCUT2D eigenvalue weighted by Crippen LogP contribution is -2.41. The van der Waals surface area contributed by atoms with Gasteiger partial charge in [0.2, 0.25) is 10.0 Å². The number of guanidine groups is 1. The zero-order valence-electron chi connectivity index (χ0n) is 13.2. The fraction of sp³-hybridized carbons (Fsp3) is 0.929. The van der Waals surface area contributed by atoms with Gasteiger partial charge in [-0.25, -0.2) is 12.7 Å². The lowest BCUT2D eigenvalue weighted by molar-refractivity contribution is 0.444. The number of hydrogen-bond acceptors (Lipinski definition) is 4. The minimum absolute atomic E-state index is 0.0463. The Balaban J connectivity index is 1.75. The van der Waals surface area contributed by atoms with Crippen LogP contribution >= 0.6 is 11.8 Å². The number of aliphatic imine (C=N–C) groups is 1. The molecule has 3 N–H and O–H groups in total. The first-order valence-electron chi connectivity index (χ1n) is 8.20. The molecule has 2 rings (SSSR count). The van der Waals surface area contributed by atoms with E-state index < -0.39 is 10.0 Å². The molecular formula is C14H28N4O2S2. The van der Waals surface area contributed by atoms with Crippen molar-refractivity contribution in [1.82, 2.24) is 9.62 Å². The summed E-state index contributed by atoms with van der Waals surface area (Å²) >= 11 is 1.80. The number of thioether (sulfide) groups is 1. The van der Waals surface area contributed by atoms with Crippen molar-refractivity contribution in [1.29, 1.82) is 0 Å². The van der Waals surface area contributed by atoms with E-state index in [4.69, 9.17) is 5.73 Å². The van der Waals surface area contributed by atoms with Gasteiger partial charge in [0.05, 0.1) is 12.3 Å². The van der Waals surface area contributed by atoms with E-state index in [9.17, 15) is 8.42 Å². The van der Waals surface area contributed by atoms with Crippen molar-refractivity contribution in [3.63, 3.8) is 0 Å². The molecule has 1 aliphatic heterocycles. The van der Waals surface area contributed by atoms with Gasteiger partial charge in [-0.2, -0.15) is 11.8 Å². The van der Waals surface area contributed by atoms with E-state index in [2.05, 4.69) is 10.3 Å². The zero-order valence-corrected chi connectivity index (χ0v) is 14.8. The maximum Gasteiger partial charge on any atom is 0.215 e. The molecule has 0 spiro atoms. The van der Waals surface area contributed by atoms with Crippen LogP contribution in [0.1, 0.15) is 38.5 Å². The van der Waals surface area contributed by atoms with Gasteiger partial charge in [0, 0.05) is 30.6 Å². The number of sulfonamides is 1. The van der Waals surface area contributed by atoms with Crippen LogP contribution in [0.3, 0.4) is 0 Å². The van der Waals surface area contributed by atoms with Gasteiger partial charge in [-0.15, -0.1) is 0 Å². The molecule has 22 heavy (non-hydrogen) atoms. The predicted molar refractivity (Wildman–Crippen MR) is 93.8 cm³/mol. The fourth-order valence-electron chi connectivity index (χ4n) is 2.91. The Bertz CT molecular complexity index is 453. The second kappa shape index (κ2) is 8.98. The molecule has 1 heterocycles. The topological polar surface area (TPSA) is 87.8 Å². The monoisotopic (exact) mass is 348 g/mol. The molecule has 1 aliphatic carbocycles. The highest BCUT2D eigenvalue weighted by Gasteiger charge is 2.23. The smallest absolute Gasteiger partial charge is 0.215 e. The quantitative estimate of drug-likeness (QED) is 0.439. The first-order valence-corrected chi connectivity index (χ1v) is 11.0. The molecule has 0 unspecified atom stereocenters. The zero-order chi connectivity index (χ0) is 15.8. The first-order chi connectivity index (χ1) is 10.6. The number of hydrogen-bond donors (Lipinski definition) is 2. The summed E-state index contributed by atoms with van der Waals surface area (Å²) in [6, 6.07) is 0.391. The van der Waals surface area contributed by atoms with Crippen molar-refractivity contribution in [2.24, 2.45) is 10.7 Å². The summed E-state index contributed by atoms with van der Waals surface area (Å²) in [7, 11) is -3.19. The average Bonchev–Trinajstić information content (AvgIpc) is 2.76. The molecule has 0 radical (unpaired) electrons. The Hall–Kier alpha value is -0.470. The van der Waals surface area contributed by atoms with Crippen LogP contribution in [0.15, 0.2) is 4.99 Å². The molecule has 8 heteroatoms. The summed E-state index contributed by atoms with van der Waals surface area (Å²) in [5, 5.41) is 3.24.